The van der Waals surface area contributed by atoms with Gasteiger partial charge in [0.15, 0.2) is 0 Å². The zero-order valence-corrected chi connectivity index (χ0v) is 8.87. The van der Waals surface area contributed by atoms with Crippen molar-refractivity contribution >= 4 is 17.3 Å². The fourth-order valence-corrected chi connectivity index (χ4v) is 1.32. The van der Waals surface area contributed by atoms with Crippen LogP contribution in [0.2, 0.25) is 5.02 Å². The van der Waals surface area contributed by atoms with Crippen LogP contribution >= 0.6 is 11.6 Å². The van der Waals surface area contributed by atoms with Crippen molar-refractivity contribution in [2.24, 2.45) is 0 Å². The van der Waals surface area contributed by atoms with Gasteiger partial charge in [-0.3, -0.25) is 0 Å². The number of nitrogen functional groups attached to an aromatic ring is 1. The topological polar surface area (TPSA) is 61.3 Å². The van der Waals surface area contributed by atoms with E-state index in [2.05, 4.69) is 9.68 Å². The molecule has 0 radical (unpaired) electrons. The van der Waals surface area contributed by atoms with Crippen LogP contribution in [0.15, 0.2) is 29.0 Å². The third-order valence-corrected chi connectivity index (χ3v) is 2.21. The standard InChI is InChI=1S/C10H8ClFN2O2/c11-7-3-8(12)9(13)4-10(7)15-5-6-1-2-16-14-6/h1-4H,5,13H2. The highest BCUT2D eigenvalue weighted by atomic mass is 35.5. The normalized spacial score (nSPS) is 10.4. The Balaban J connectivity index is 2.12. The van der Waals surface area contributed by atoms with Gasteiger partial charge in [-0.25, -0.2) is 4.39 Å². The molecule has 0 unspecified atom stereocenters. The Morgan fingerprint density at radius 3 is 3.00 bits per heavy atom. The second-order valence-corrected chi connectivity index (χ2v) is 3.49. The number of hydrogen-bond donors (Lipinski definition) is 1. The molecule has 0 fully saturated rings. The zero-order valence-electron chi connectivity index (χ0n) is 8.11. The number of benzene rings is 1. The first-order chi connectivity index (χ1) is 7.66. The van der Waals surface area contributed by atoms with Gasteiger partial charge >= 0.3 is 0 Å². The van der Waals surface area contributed by atoms with Gasteiger partial charge in [0, 0.05) is 12.1 Å². The summed E-state index contributed by atoms with van der Waals surface area (Å²) < 4.78 is 22.9. The number of aromatic nitrogens is 1. The fraction of sp³-hybridized carbons (Fsp3) is 0.100. The van der Waals surface area contributed by atoms with Crippen molar-refractivity contribution in [3.8, 4) is 5.75 Å². The summed E-state index contributed by atoms with van der Waals surface area (Å²) in [6.07, 6.45) is 1.43. The van der Waals surface area contributed by atoms with E-state index in [0.29, 0.717) is 11.4 Å². The zero-order chi connectivity index (χ0) is 11.5. The highest BCUT2D eigenvalue weighted by molar-refractivity contribution is 6.32. The van der Waals surface area contributed by atoms with Crippen molar-refractivity contribution in [2.75, 3.05) is 5.73 Å². The number of rotatable bonds is 3. The van der Waals surface area contributed by atoms with Crippen LogP contribution in [-0.4, -0.2) is 5.16 Å². The summed E-state index contributed by atoms with van der Waals surface area (Å²) in [5, 5.41) is 3.81. The van der Waals surface area contributed by atoms with Crippen molar-refractivity contribution in [3.63, 3.8) is 0 Å². The van der Waals surface area contributed by atoms with Gasteiger partial charge in [0.2, 0.25) is 0 Å². The number of nitrogens with two attached hydrogens (primary N) is 1. The van der Waals surface area contributed by atoms with Crippen LogP contribution in [0.25, 0.3) is 0 Å². The first-order valence-corrected chi connectivity index (χ1v) is 4.81. The van der Waals surface area contributed by atoms with Gasteiger partial charge in [-0.15, -0.1) is 0 Å². The lowest BCUT2D eigenvalue weighted by molar-refractivity contribution is 0.289. The largest absolute Gasteiger partial charge is 0.486 e. The molecular weight excluding hydrogens is 235 g/mol. The van der Waals surface area contributed by atoms with Crippen molar-refractivity contribution in [2.45, 2.75) is 6.61 Å². The summed E-state index contributed by atoms with van der Waals surface area (Å²) in [5.74, 6) is -0.262. The molecule has 0 saturated heterocycles. The Morgan fingerprint density at radius 1 is 1.50 bits per heavy atom. The van der Waals surface area contributed by atoms with Crippen molar-refractivity contribution in [1.82, 2.24) is 5.16 Å². The maximum absolute atomic E-state index is 13.0. The predicted octanol–water partition coefficient (Wildman–Crippen LogP) is 2.63. The van der Waals surface area contributed by atoms with Crippen LogP contribution in [0.5, 0.6) is 5.75 Å². The first kappa shape index (κ1) is 10.8. The summed E-state index contributed by atoms with van der Waals surface area (Å²) in [6, 6.07) is 4.09. The Morgan fingerprint density at radius 2 is 2.31 bits per heavy atom. The maximum atomic E-state index is 13.0. The van der Waals surface area contributed by atoms with E-state index in [-0.39, 0.29) is 17.3 Å². The number of anilines is 1. The predicted molar refractivity (Wildman–Crippen MR) is 56.7 cm³/mol. The third kappa shape index (κ3) is 2.25. The molecule has 0 atom stereocenters. The van der Waals surface area contributed by atoms with Crippen LogP contribution in [0, 0.1) is 5.82 Å². The first-order valence-electron chi connectivity index (χ1n) is 4.43. The monoisotopic (exact) mass is 242 g/mol. The molecule has 1 heterocycles. The highest BCUT2D eigenvalue weighted by Crippen LogP contribution is 2.29. The fourth-order valence-electron chi connectivity index (χ4n) is 1.12. The molecule has 6 heteroatoms. The van der Waals surface area contributed by atoms with Crippen LogP contribution in [0.4, 0.5) is 10.1 Å². The number of ether oxygens (including phenoxy) is 1. The lowest BCUT2D eigenvalue weighted by atomic mass is 10.3. The minimum absolute atomic E-state index is 0.0143. The van der Waals surface area contributed by atoms with Gasteiger partial charge in [-0.05, 0) is 6.07 Å². The molecule has 0 amide bonds. The van der Waals surface area contributed by atoms with Crippen LogP contribution < -0.4 is 10.5 Å². The molecule has 16 heavy (non-hydrogen) atoms. The molecule has 1 aromatic carbocycles. The molecule has 0 aliphatic heterocycles. The molecule has 4 nitrogen and oxygen atoms in total. The third-order valence-electron chi connectivity index (χ3n) is 1.92. The van der Waals surface area contributed by atoms with E-state index in [4.69, 9.17) is 22.1 Å². The van der Waals surface area contributed by atoms with Crippen LogP contribution in [0.1, 0.15) is 5.69 Å². The van der Waals surface area contributed by atoms with Crippen LogP contribution in [0.3, 0.4) is 0 Å². The Kier molecular flexibility index (Phi) is 2.96. The summed E-state index contributed by atoms with van der Waals surface area (Å²) in [7, 11) is 0. The SMILES string of the molecule is Nc1cc(OCc2ccon2)c(Cl)cc1F. The summed E-state index contributed by atoms with van der Waals surface area (Å²) in [6.45, 7) is 0.182. The molecule has 0 bridgehead atoms. The Hall–Kier alpha value is -1.75. The van der Waals surface area contributed by atoms with E-state index in [0.717, 1.165) is 6.07 Å². The molecule has 0 aliphatic rings. The molecule has 1 aromatic heterocycles. The van der Waals surface area contributed by atoms with Gasteiger partial charge in [0.1, 0.15) is 30.1 Å². The van der Waals surface area contributed by atoms with Crippen LogP contribution in [-0.2, 0) is 6.61 Å². The average molecular weight is 243 g/mol. The second-order valence-electron chi connectivity index (χ2n) is 3.08. The lowest BCUT2D eigenvalue weighted by Gasteiger charge is -2.07. The molecule has 0 aliphatic carbocycles. The van der Waals surface area contributed by atoms with Crippen molar-refractivity contribution in [1.29, 1.82) is 0 Å². The minimum atomic E-state index is -0.571. The maximum Gasteiger partial charge on any atom is 0.147 e. The van der Waals surface area contributed by atoms with E-state index < -0.39 is 5.82 Å². The molecule has 84 valence electrons. The second kappa shape index (κ2) is 4.40. The van der Waals surface area contributed by atoms with Gasteiger partial charge < -0.3 is 15.0 Å². The molecular formula is C10H8ClFN2O2. The van der Waals surface area contributed by atoms with E-state index in [1.807, 2.05) is 0 Å². The lowest BCUT2D eigenvalue weighted by Crippen LogP contribution is -1.98. The molecule has 2 aromatic rings. The Bertz CT molecular complexity index is 488. The highest BCUT2D eigenvalue weighted by Gasteiger charge is 2.08. The van der Waals surface area contributed by atoms with E-state index in [1.165, 1.54) is 12.3 Å². The summed E-state index contributed by atoms with van der Waals surface area (Å²) >= 11 is 5.78. The molecule has 0 saturated carbocycles. The van der Waals surface area contributed by atoms with E-state index in [1.54, 1.807) is 6.07 Å². The van der Waals surface area contributed by atoms with Gasteiger partial charge in [0.05, 0.1) is 10.7 Å². The van der Waals surface area contributed by atoms with Crippen molar-refractivity contribution in [3.05, 3.63) is 41.0 Å². The number of hydrogen-bond acceptors (Lipinski definition) is 4. The minimum Gasteiger partial charge on any atom is -0.486 e. The molecule has 0 spiro atoms. The van der Waals surface area contributed by atoms with Gasteiger partial charge in [0.25, 0.3) is 0 Å². The summed E-state index contributed by atoms with van der Waals surface area (Å²) in [5.41, 5.74) is 5.99. The summed E-state index contributed by atoms with van der Waals surface area (Å²) in [4.78, 5) is 0. The van der Waals surface area contributed by atoms with Crippen molar-refractivity contribution < 1.29 is 13.7 Å². The number of nitrogens with zero attached hydrogens (tertiary/aromatic N) is 1. The van der Waals surface area contributed by atoms with Gasteiger partial charge in [-0.1, -0.05) is 16.8 Å². The van der Waals surface area contributed by atoms with E-state index in [9.17, 15) is 4.39 Å². The number of halogens is 2. The van der Waals surface area contributed by atoms with E-state index >= 15 is 0 Å². The van der Waals surface area contributed by atoms with Gasteiger partial charge in [-0.2, -0.15) is 0 Å². The smallest absolute Gasteiger partial charge is 0.147 e. The Labute approximate surface area is 95.7 Å². The average Bonchev–Trinajstić information content (AvgIpc) is 2.74. The molecule has 2 N–H and O–H groups in total. The molecule has 2 rings (SSSR count). The quantitative estimate of drug-likeness (QED) is 0.841.